The molecule has 1 heterocycles. The Morgan fingerprint density at radius 2 is 1.85 bits per heavy atom. The Balaban J connectivity index is 1.24. The van der Waals surface area contributed by atoms with Crippen molar-refractivity contribution in [2.24, 2.45) is 17.3 Å². The third-order valence-corrected chi connectivity index (χ3v) is 7.69. The van der Waals surface area contributed by atoms with Crippen LogP contribution in [0.5, 0.6) is 0 Å². The van der Waals surface area contributed by atoms with E-state index in [1.165, 1.54) is 6.42 Å². The fraction of sp³-hybridized carbons (Fsp3) is 0.636. The number of benzene rings is 1. The van der Waals surface area contributed by atoms with Crippen LogP contribution in [0.25, 0.3) is 0 Å². The molecule has 4 bridgehead atoms. The van der Waals surface area contributed by atoms with Crippen LogP contribution in [0.2, 0.25) is 0 Å². The van der Waals surface area contributed by atoms with Gasteiger partial charge in [0.05, 0.1) is 5.41 Å². The average Bonchev–Trinajstić information content (AvgIpc) is 3.04. The van der Waals surface area contributed by atoms with Crippen LogP contribution in [0, 0.1) is 17.3 Å². The van der Waals surface area contributed by atoms with Gasteiger partial charge in [0.2, 0.25) is 11.8 Å². The van der Waals surface area contributed by atoms with Gasteiger partial charge in [0, 0.05) is 30.1 Å². The molecule has 4 aliphatic carbocycles. The van der Waals surface area contributed by atoms with E-state index in [1.807, 2.05) is 29.2 Å². The van der Waals surface area contributed by atoms with Crippen LogP contribution in [0.15, 0.2) is 24.3 Å². The van der Waals surface area contributed by atoms with Crippen molar-refractivity contribution in [3.05, 3.63) is 29.8 Å². The van der Waals surface area contributed by atoms with E-state index in [-0.39, 0.29) is 22.1 Å². The van der Waals surface area contributed by atoms with Crippen LogP contribution >= 0.6 is 11.6 Å². The van der Waals surface area contributed by atoms with E-state index in [0.29, 0.717) is 24.8 Å². The quantitative estimate of drug-likeness (QED) is 0.795. The number of anilines is 1. The fourth-order valence-electron chi connectivity index (χ4n) is 6.50. The summed E-state index contributed by atoms with van der Waals surface area (Å²) in [7, 11) is 0. The second-order valence-corrected chi connectivity index (χ2v) is 10.2. The van der Waals surface area contributed by atoms with Crippen molar-refractivity contribution in [1.29, 1.82) is 0 Å². The topological polar surface area (TPSA) is 49.4 Å². The van der Waals surface area contributed by atoms with Crippen molar-refractivity contribution in [2.75, 3.05) is 11.4 Å². The number of halogens is 1. The lowest BCUT2D eigenvalue weighted by Crippen LogP contribution is -2.58. The first-order chi connectivity index (χ1) is 12.9. The van der Waals surface area contributed by atoms with Crippen molar-refractivity contribution >= 4 is 29.1 Å². The molecular formula is C22H27ClN2O2. The summed E-state index contributed by atoms with van der Waals surface area (Å²) in [5.74, 6) is 1.66. The van der Waals surface area contributed by atoms with Crippen LogP contribution in [-0.2, 0) is 16.1 Å². The number of nitrogens with zero attached hydrogens (tertiary/aromatic N) is 1. The van der Waals surface area contributed by atoms with Crippen molar-refractivity contribution < 1.29 is 9.59 Å². The molecule has 144 valence electrons. The summed E-state index contributed by atoms with van der Waals surface area (Å²) in [6.07, 6.45) is 7.90. The molecule has 2 amide bonds. The second-order valence-electron chi connectivity index (χ2n) is 9.39. The number of hydrogen-bond acceptors (Lipinski definition) is 2. The van der Waals surface area contributed by atoms with Gasteiger partial charge in [-0.2, -0.15) is 0 Å². The highest BCUT2D eigenvalue weighted by Crippen LogP contribution is 2.63. The largest absolute Gasteiger partial charge is 0.352 e. The maximum absolute atomic E-state index is 13.1. The van der Waals surface area contributed by atoms with E-state index in [0.717, 1.165) is 56.3 Å². The maximum Gasteiger partial charge on any atom is 0.227 e. The summed E-state index contributed by atoms with van der Waals surface area (Å²) >= 11 is 6.86. The van der Waals surface area contributed by atoms with Crippen molar-refractivity contribution in [3.8, 4) is 0 Å². The molecule has 0 unspecified atom stereocenters. The van der Waals surface area contributed by atoms with E-state index >= 15 is 0 Å². The zero-order valence-electron chi connectivity index (χ0n) is 15.7. The van der Waals surface area contributed by atoms with Crippen LogP contribution in [-0.4, -0.2) is 23.2 Å². The number of carbonyl (C=O) groups is 2. The standard InChI is InChI=1S/C22H27ClN2O2/c23-22-11-16-8-17(12-22)10-21(9-16,14-22)20(27)24-13-15-3-5-18(6-4-15)25-7-1-2-19(25)26/h3-6,16-17H,1-2,7-14H2,(H,24,27)/t16-,17-,21?,22?/m1/s1. The number of amides is 2. The Morgan fingerprint density at radius 3 is 2.44 bits per heavy atom. The molecule has 1 N–H and O–H groups in total. The van der Waals surface area contributed by atoms with Crippen LogP contribution in [0.4, 0.5) is 5.69 Å². The zero-order valence-corrected chi connectivity index (χ0v) is 16.4. The molecule has 0 aromatic heterocycles. The summed E-state index contributed by atoms with van der Waals surface area (Å²) in [6.45, 7) is 1.35. The average molecular weight is 387 g/mol. The Hall–Kier alpha value is -1.55. The van der Waals surface area contributed by atoms with Crippen molar-refractivity contribution in [1.82, 2.24) is 5.32 Å². The predicted octanol–water partition coefficient (Wildman–Crippen LogP) is 4.01. The van der Waals surface area contributed by atoms with Crippen molar-refractivity contribution in [2.45, 2.75) is 62.8 Å². The van der Waals surface area contributed by atoms with Gasteiger partial charge in [-0.05, 0) is 74.5 Å². The minimum Gasteiger partial charge on any atom is -0.352 e. The molecule has 4 nitrogen and oxygen atoms in total. The van der Waals surface area contributed by atoms with Crippen molar-refractivity contribution in [3.63, 3.8) is 0 Å². The molecule has 6 rings (SSSR count). The smallest absolute Gasteiger partial charge is 0.227 e. The molecule has 2 atom stereocenters. The van der Waals surface area contributed by atoms with Gasteiger partial charge in [-0.3, -0.25) is 9.59 Å². The molecule has 1 aromatic rings. The zero-order chi connectivity index (χ0) is 18.6. The Bertz CT molecular complexity index is 761. The predicted molar refractivity (Wildman–Crippen MR) is 106 cm³/mol. The molecule has 0 radical (unpaired) electrons. The van der Waals surface area contributed by atoms with Gasteiger partial charge in [-0.25, -0.2) is 0 Å². The maximum atomic E-state index is 13.1. The number of rotatable bonds is 4. The lowest BCUT2D eigenvalue weighted by atomic mass is 9.49. The van der Waals surface area contributed by atoms with Gasteiger partial charge in [0.25, 0.3) is 0 Å². The summed E-state index contributed by atoms with van der Waals surface area (Å²) < 4.78 is 0. The SMILES string of the molecule is O=C1CCCN1c1ccc(CNC(=O)C23C[C@H]4C[C@@H](CC(Cl)(C4)C2)C3)cc1. The third kappa shape index (κ3) is 3.06. The summed E-state index contributed by atoms with van der Waals surface area (Å²) in [6, 6.07) is 8.01. The van der Waals surface area contributed by atoms with E-state index in [4.69, 9.17) is 11.6 Å². The molecular weight excluding hydrogens is 360 g/mol. The Kier molecular flexibility index (Phi) is 4.05. The minimum atomic E-state index is -0.242. The van der Waals surface area contributed by atoms with E-state index in [2.05, 4.69) is 5.32 Å². The van der Waals surface area contributed by atoms with Crippen LogP contribution in [0.1, 0.15) is 56.9 Å². The summed E-state index contributed by atoms with van der Waals surface area (Å²) in [5.41, 5.74) is 1.79. The number of nitrogens with one attached hydrogen (secondary N) is 1. The molecule has 0 spiro atoms. The summed E-state index contributed by atoms with van der Waals surface area (Å²) in [5, 5.41) is 3.19. The number of carbonyl (C=O) groups excluding carboxylic acids is 2. The minimum absolute atomic E-state index is 0.134. The normalized spacial score (nSPS) is 37.1. The molecule has 1 saturated heterocycles. The number of alkyl halides is 1. The molecule has 4 saturated carbocycles. The van der Waals surface area contributed by atoms with Gasteiger partial charge >= 0.3 is 0 Å². The van der Waals surface area contributed by atoms with Gasteiger partial charge < -0.3 is 10.2 Å². The van der Waals surface area contributed by atoms with Crippen LogP contribution < -0.4 is 10.2 Å². The second kappa shape index (κ2) is 6.23. The van der Waals surface area contributed by atoms with E-state index in [1.54, 1.807) is 0 Å². The molecule has 1 aliphatic heterocycles. The van der Waals surface area contributed by atoms with E-state index < -0.39 is 0 Å². The van der Waals surface area contributed by atoms with Gasteiger partial charge in [-0.1, -0.05) is 12.1 Å². The first-order valence-electron chi connectivity index (χ1n) is 10.3. The summed E-state index contributed by atoms with van der Waals surface area (Å²) in [4.78, 5) is 26.7. The first kappa shape index (κ1) is 17.5. The van der Waals surface area contributed by atoms with Crippen LogP contribution in [0.3, 0.4) is 0 Å². The molecule has 5 heteroatoms. The monoisotopic (exact) mass is 386 g/mol. The van der Waals surface area contributed by atoms with Gasteiger partial charge in [-0.15, -0.1) is 11.6 Å². The third-order valence-electron chi connectivity index (χ3n) is 7.25. The molecule has 1 aromatic carbocycles. The number of hydrogen-bond donors (Lipinski definition) is 1. The highest BCUT2D eigenvalue weighted by atomic mass is 35.5. The lowest BCUT2D eigenvalue weighted by Gasteiger charge is -2.59. The lowest BCUT2D eigenvalue weighted by molar-refractivity contribution is -0.144. The van der Waals surface area contributed by atoms with Gasteiger partial charge in [0.1, 0.15) is 0 Å². The van der Waals surface area contributed by atoms with E-state index in [9.17, 15) is 9.59 Å². The Morgan fingerprint density at radius 1 is 1.15 bits per heavy atom. The first-order valence-corrected chi connectivity index (χ1v) is 10.7. The molecule has 27 heavy (non-hydrogen) atoms. The van der Waals surface area contributed by atoms with Gasteiger partial charge in [0.15, 0.2) is 0 Å². The molecule has 5 fully saturated rings. The molecule has 5 aliphatic rings. The highest BCUT2D eigenvalue weighted by molar-refractivity contribution is 6.24. The Labute approximate surface area is 165 Å². The highest BCUT2D eigenvalue weighted by Gasteiger charge is 2.59. The fourth-order valence-corrected chi connectivity index (χ4v) is 7.19.